The van der Waals surface area contributed by atoms with Gasteiger partial charge in [0.1, 0.15) is 0 Å². The van der Waals surface area contributed by atoms with E-state index in [1.807, 2.05) is 6.92 Å². The molecule has 0 bridgehead atoms. The largest absolute Gasteiger partial charge is 0.366 e. The highest BCUT2D eigenvalue weighted by Crippen LogP contribution is 2.23. The number of anilines is 1. The van der Waals surface area contributed by atoms with E-state index in [-0.39, 0.29) is 16.1 Å². The number of halogens is 1. The minimum absolute atomic E-state index is 0.150. The van der Waals surface area contributed by atoms with Crippen LogP contribution in [-0.2, 0) is 10.0 Å². The molecule has 0 aliphatic rings. The van der Waals surface area contributed by atoms with Gasteiger partial charge in [-0.05, 0) is 53.2 Å². The first-order valence-electron chi connectivity index (χ1n) is 5.98. The Hall–Kier alpha value is -1.86. The summed E-state index contributed by atoms with van der Waals surface area (Å²) in [5.74, 6) is -0.641. The number of hydrogen-bond acceptors (Lipinski definition) is 3. The summed E-state index contributed by atoms with van der Waals surface area (Å²) >= 11 is 3.19. The summed E-state index contributed by atoms with van der Waals surface area (Å²) in [7, 11) is -3.70. The Morgan fingerprint density at radius 1 is 1.14 bits per heavy atom. The molecule has 2 aromatic carbocycles. The zero-order chi connectivity index (χ0) is 15.6. The molecule has 2 rings (SSSR count). The van der Waals surface area contributed by atoms with Crippen molar-refractivity contribution in [1.82, 2.24) is 0 Å². The maximum Gasteiger partial charge on any atom is 0.261 e. The SMILES string of the molecule is Cc1ccc(S(=O)(=O)Nc2ccc(Br)c(C(N)=O)c2)cc1. The van der Waals surface area contributed by atoms with Crippen LogP contribution in [-0.4, -0.2) is 14.3 Å². The lowest BCUT2D eigenvalue weighted by Gasteiger charge is -2.10. The van der Waals surface area contributed by atoms with Crippen molar-refractivity contribution in [3.8, 4) is 0 Å². The number of carbonyl (C=O) groups excluding carboxylic acids is 1. The Balaban J connectivity index is 2.35. The average Bonchev–Trinajstić information content (AvgIpc) is 2.41. The van der Waals surface area contributed by atoms with Crippen LogP contribution in [0.1, 0.15) is 15.9 Å². The third-order valence-corrected chi connectivity index (χ3v) is 4.90. The van der Waals surface area contributed by atoms with Crippen LogP contribution in [0.4, 0.5) is 5.69 Å². The van der Waals surface area contributed by atoms with Gasteiger partial charge >= 0.3 is 0 Å². The lowest BCUT2D eigenvalue weighted by Crippen LogP contribution is -2.15. The monoisotopic (exact) mass is 368 g/mol. The highest BCUT2D eigenvalue weighted by molar-refractivity contribution is 9.10. The predicted molar refractivity (Wildman–Crippen MR) is 84.6 cm³/mol. The molecule has 0 aliphatic carbocycles. The highest BCUT2D eigenvalue weighted by atomic mass is 79.9. The zero-order valence-corrected chi connectivity index (χ0v) is 13.5. The van der Waals surface area contributed by atoms with Gasteiger partial charge in [0.25, 0.3) is 10.0 Å². The van der Waals surface area contributed by atoms with Gasteiger partial charge in [-0.2, -0.15) is 0 Å². The van der Waals surface area contributed by atoms with Gasteiger partial charge in [0.15, 0.2) is 0 Å². The van der Waals surface area contributed by atoms with E-state index in [1.54, 1.807) is 24.3 Å². The average molecular weight is 369 g/mol. The Labute approximate surface area is 131 Å². The van der Waals surface area contributed by atoms with Crippen molar-refractivity contribution in [2.75, 3.05) is 4.72 Å². The first kappa shape index (κ1) is 15.5. The van der Waals surface area contributed by atoms with Gasteiger partial charge in [0, 0.05) is 10.2 Å². The Kier molecular flexibility index (Phi) is 4.34. The van der Waals surface area contributed by atoms with Gasteiger partial charge in [0.05, 0.1) is 10.5 Å². The van der Waals surface area contributed by atoms with E-state index < -0.39 is 15.9 Å². The smallest absolute Gasteiger partial charge is 0.261 e. The van der Waals surface area contributed by atoms with Crippen LogP contribution < -0.4 is 10.5 Å². The summed E-state index contributed by atoms with van der Waals surface area (Å²) in [6.07, 6.45) is 0. The molecule has 0 heterocycles. The molecule has 1 amide bonds. The van der Waals surface area contributed by atoms with Crippen LogP contribution in [0.15, 0.2) is 51.8 Å². The van der Waals surface area contributed by atoms with Gasteiger partial charge in [-0.1, -0.05) is 17.7 Å². The summed E-state index contributed by atoms with van der Waals surface area (Å²) in [6.45, 7) is 1.87. The molecule has 110 valence electrons. The standard InChI is InChI=1S/C14H13BrN2O3S/c1-9-2-5-11(6-3-9)21(19,20)17-10-4-7-13(15)12(8-10)14(16)18/h2-8,17H,1H3,(H2,16,18). The van der Waals surface area contributed by atoms with Gasteiger partial charge in [-0.15, -0.1) is 0 Å². The van der Waals surface area contributed by atoms with Crippen molar-refractivity contribution >= 4 is 37.5 Å². The Morgan fingerprint density at radius 2 is 1.76 bits per heavy atom. The molecule has 3 N–H and O–H groups in total. The maximum absolute atomic E-state index is 12.2. The normalized spacial score (nSPS) is 11.1. The number of carbonyl (C=O) groups is 1. The predicted octanol–water partition coefficient (Wildman–Crippen LogP) is 2.66. The number of hydrogen-bond donors (Lipinski definition) is 2. The van der Waals surface area contributed by atoms with Crippen molar-refractivity contribution < 1.29 is 13.2 Å². The first-order valence-corrected chi connectivity index (χ1v) is 8.26. The van der Waals surface area contributed by atoms with E-state index in [0.29, 0.717) is 4.47 Å². The quantitative estimate of drug-likeness (QED) is 0.868. The number of nitrogens with one attached hydrogen (secondary N) is 1. The number of primary amides is 1. The fraction of sp³-hybridized carbons (Fsp3) is 0.0714. The minimum Gasteiger partial charge on any atom is -0.366 e. The lowest BCUT2D eigenvalue weighted by atomic mass is 10.2. The van der Waals surface area contributed by atoms with Crippen LogP contribution >= 0.6 is 15.9 Å². The van der Waals surface area contributed by atoms with Crippen LogP contribution in [0.5, 0.6) is 0 Å². The number of sulfonamides is 1. The van der Waals surface area contributed by atoms with Crippen molar-refractivity contribution in [2.45, 2.75) is 11.8 Å². The van der Waals surface area contributed by atoms with Crippen molar-refractivity contribution in [3.63, 3.8) is 0 Å². The minimum atomic E-state index is -3.70. The molecular weight excluding hydrogens is 356 g/mol. The summed E-state index contributed by atoms with van der Waals surface area (Å²) in [4.78, 5) is 11.4. The van der Waals surface area contributed by atoms with Crippen molar-refractivity contribution in [2.24, 2.45) is 5.73 Å². The fourth-order valence-electron chi connectivity index (χ4n) is 1.71. The molecule has 21 heavy (non-hydrogen) atoms. The topological polar surface area (TPSA) is 89.3 Å². The molecule has 0 saturated carbocycles. The van der Waals surface area contributed by atoms with Crippen LogP contribution in [0, 0.1) is 6.92 Å². The summed E-state index contributed by atoms with van der Waals surface area (Å²) in [5, 5.41) is 0. The fourth-order valence-corrected chi connectivity index (χ4v) is 3.20. The van der Waals surface area contributed by atoms with E-state index in [1.165, 1.54) is 18.2 Å². The van der Waals surface area contributed by atoms with Crippen molar-refractivity contribution in [1.29, 1.82) is 0 Å². The van der Waals surface area contributed by atoms with Gasteiger partial charge in [0.2, 0.25) is 5.91 Å². The first-order chi connectivity index (χ1) is 9.79. The number of nitrogens with two attached hydrogens (primary N) is 1. The lowest BCUT2D eigenvalue weighted by molar-refractivity contribution is 0.0999. The van der Waals surface area contributed by atoms with E-state index in [9.17, 15) is 13.2 Å². The Bertz CT molecular complexity index is 786. The van der Waals surface area contributed by atoms with Crippen LogP contribution in [0.3, 0.4) is 0 Å². The van der Waals surface area contributed by atoms with Crippen molar-refractivity contribution in [3.05, 3.63) is 58.1 Å². The molecular formula is C14H13BrN2O3S. The second-order valence-electron chi connectivity index (χ2n) is 4.48. The molecule has 5 nitrogen and oxygen atoms in total. The zero-order valence-electron chi connectivity index (χ0n) is 11.1. The van der Waals surface area contributed by atoms with Gasteiger partial charge < -0.3 is 5.73 Å². The summed E-state index contributed by atoms with van der Waals surface area (Å²) in [5.41, 5.74) is 6.67. The molecule has 0 fully saturated rings. The third kappa shape index (κ3) is 3.62. The summed E-state index contributed by atoms with van der Waals surface area (Å²) < 4.78 is 27.4. The molecule has 0 aromatic heterocycles. The summed E-state index contributed by atoms with van der Waals surface area (Å²) in [6, 6.07) is 11.0. The number of rotatable bonds is 4. The van der Waals surface area contributed by atoms with Gasteiger partial charge in [-0.25, -0.2) is 8.42 Å². The van der Waals surface area contributed by atoms with Gasteiger partial charge in [-0.3, -0.25) is 9.52 Å². The van der Waals surface area contributed by atoms with Crippen LogP contribution in [0.25, 0.3) is 0 Å². The maximum atomic E-state index is 12.2. The third-order valence-electron chi connectivity index (χ3n) is 2.82. The van der Waals surface area contributed by atoms with Crippen LogP contribution in [0.2, 0.25) is 0 Å². The van der Waals surface area contributed by atoms with E-state index in [2.05, 4.69) is 20.7 Å². The number of aryl methyl sites for hydroxylation is 1. The van der Waals surface area contributed by atoms with E-state index in [4.69, 9.17) is 5.73 Å². The second kappa shape index (κ2) is 5.87. The van der Waals surface area contributed by atoms with E-state index >= 15 is 0 Å². The molecule has 0 aliphatic heterocycles. The number of benzene rings is 2. The second-order valence-corrected chi connectivity index (χ2v) is 7.01. The molecule has 0 unspecified atom stereocenters. The molecule has 0 spiro atoms. The molecule has 0 radical (unpaired) electrons. The molecule has 0 atom stereocenters. The highest BCUT2D eigenvalue weighted by Gasteiger charge is 2.15. The Morgan fingerprint density at radius 3 is 2.33 bits per heavy atom. The molecule has 2 aromatic rings. The number of amides is 1. The molecule has 0 saturated heterocycles. The molecule has 7 heteroatoms. The van der Waals surface area contributed by atoms with E-state index in [0.717, 1.165) is 5.56 Å².